The highest BCUT2D eigenvalue weighted by molar-refractivity contribution is 7.91. The Morgan fingerprint density at radius 2 is 2.06 bits per heavy atom. The zero-order valence-corrected chi connectivity index (χ0v) is 19.6. The molecular formula is C23H21ClN4O4S. The van der Waals surface area contributed by atoms with Gasteiger partial charge >= 0.3 is 0 Å². The van der Waals surface area contributed by atoms with Gasteiger partial charge in [-0.3, -0.25) is 4.79 Å². The Labute approximate surface area is 195 Å². The predicted molar refractivity (Wildman–Crippen MR) is 126 cm³/mol. The predicted octanol–water partition coefficient (Wildman–Crippen LogP) is 4.57. The Morgan fingerprint density at radius 3 is 2.73 bits per heavy atom. The molecule has 3 aromatic heterocycles. The largest absolute Gasteiger partial charge is 0.463 e. The standard InChI is InChI=1S/C23H21ClN4O4S/c1-13-5-6-15(10-18(13)24)25-23(29)17-11-19(20-4-3-8-32-20)26-22-21(17)14(2)27-28(22)16-7-9-33(30,31)12-16/h3-6,8,10-11,16H,7,9,12H2,1-2H3,(H,25,29)/t16-/m0/s1. The van der Waals surface area contributed by atoms with Crippen LogP contribution in [-0.2, 0) is 9.84 Å². The molecule has 1 N–H and O–H groups in total. The maximum absolute atomic E-state index is 13.4. The first-order valence-electron chi connectivity index (χ1n) is 10.4. The molecule has 4 heterocycles. The highest BCUT2D eigenvalue weighted by atomic mass is 35.5. The number of halogens is 1. The fourth-order valence-electron chi connectivity index (χ4n) is 4.13. The lowest BCUT2D eigenvalue weighted by Crippen LogP contribution is -2.15. The number of furan rings is 1. The lowest BCUT2D eigenvalue weighted by Gasteiger charge is -2.12. The summed E-state index contributed by atoms with van der Waals surface area (Å²) in [5.41, 5.74) is 3.35. The van der Waals surface area contributed by atoms with Crippen molar-refractivity contribution in [1.29, 1.82) is 0 Å². The van der Waals surface area contributed by atoms with Crippen LogP contribution in [0.5, 0.6) is 0 Å². The lowest BCUT2D eigenvalue weighted by molar-refractivity contribution is 0.102. The van der Waals surface area contributed by atoms with E-state index in [1.165, 1.54) is 6.26 Å². The van der Waals surface area contributed by atoms with Crippen LogP contribution in [0.1, 0.15) is 34.1 Å². The lowest BCUT2D eigenvalue weighted by atomic mass is 10.1. The minimum Gasteiger partial charge on any atom is -0.463 e. The molecule has 170 valence electrons. The van der Waals surface area contributed by atoms with Crippen molar-refractivity contribution in [1.82, 2.24) is 14.8 Å². The number of sulfone groups is 1. The van der Waals surface area contributed by atoms with Gasteiger partial charge < -0.3 is 9.73 Å². The quantitative estimate of drug-likeness (QED) is 0.454. The van der Waals surface area contributed by atoms with E-state index >= 15 is 0 Å². The number of nitrogens with one attached hydrogen (secondary N) is 1. The van der Waals surface area contributed by atoms with Crippen molar-refractivity contribution < 1.29 is 17.6 Å². The molecule has 0 unspecified atom stereocenters. The molecule has 33 heavy (non-hydrogen) atoms. The summed E-state index contributed by atoms with van der Waals surface area (Å²) in [5, 5.41) is 8.61. The summed E-state index contributed by atoms with van der Waals surface area (Å²) < 4.78 is 31.3. The van der Waals surface area contributed by atoms with Crippen molar-refractivity contribution in [3.63, 3.8) is 0 Å². The highest BCUT2D eigenvalue weighted by Crippen LogP contribution is 2.32. The number of carbonyl (C=O) groups is 1. The van der Waals surface area contributed by atoms with Crippen LogP contribution in [0.15, 0.2) is 47.1 Å². The molecule has 1 aliphatic heterocycles. The highest BCUT2D eigenvalue weighted by Gasteiger charge is 2.32. The molecule has 1 amide bonds. The number of pyridine rings is 1. The van der Waals surface area contributed by atoms with E-state index in [-0.39, 0.29) is 23.5 Å². The van der Waals surface area contributed by atoms with Crippen LogP contribution in [0, 0.1) is 13.8 Å². The maximum atomic E-state index is 13.4. The normalized spacial score (nSPS) is 17.5. The van der Waals surface area contributed by atoms with Crippen molar-refractivity contribution in [2.24, 2.45) is 0 Å². The van der Waals surface area contributed by atoms with E-state index in [4.69, 9.17) is 21.0 Å². The number of fused-ring (bicyclic) bond motifs is 1. The summed E-state index contributed by atoms with van der Waals surface area (Å²) in [5.74, 6) is 0.252. The zero-order chi connectivity index (χ0) is 23.3. The van der Waals surface area contributed by atoms with Crippen LogP contribution in [0.4, 0.5) is 5.69 Å². The van der Waals surface area contributed by atoms with Crippen LogP contribution in [0.2, 0.25) is 5.02 Å². The Kier molecular flexibility index (Phi) is 5.25. The van der Waals surface area contributed by atoms with Gasteiger partial charge in [0.1, 0.15) is 5.69 Å². The third kappa shape index (κ3) is 4.02. The number of nitrogens with zero attached hydrogens (tertiary/aromatic N) is 3. The van der Waals surface area contributed by atoms with Gasteiger partial charge in [-0.2, -0.15) is 5.10 Å². The third-order valence-electron chi connectivity index (χ3n) is 5.84. The molecule has 8 nitrogen and oxygen atoms in total. The summed E-state index contributed by atoms with van der Waals surface area (Å²) >= 11 is 6.22. The third-order valence-corrected chi connectivity index (χ3v) is 8.00. The molecule has 0 spiro atoms. The molecule has 0 bridgehead atoms. The Morgan fingerprint density at radius 1 is 1.24 bits per heavy atom. The van der Waals surface area contributed by atoms with Gasteiger partial charge in [0, 0.05) is 10.7 Å². The molecule has 1 saturated heterocycles. The van der Waals surface area contributed by atoms with Gasteiger partial charge in [0.2, 0.25) is 0 Å². The Hall–Kier alpha value is -3.17. The number of rotatable bonds is 4. The van der Waals surface area contributed by atoms with Crippen molar-refractivity contribution in [2.75, 3.05) is 16.8 Å². The first-order chi connectivity index (χ1) is 15.7. The summed E-state index contributed by atoms with van der Waals surface area (Å²) in [7, 11) is -3.13. The number of anilines is 1. The minimum absolute atomic E-state index is 0.000719. The van der Waals surface area contributed by atoms with Gasteiger partial charge in [-0.15, -0.1) is 0 Å². The van der Waals surface area contributed by atoms with Crippen LogP contribution < -0.4 is 5.32 Å². The molecule has 0 radical (unpaired) electrons. The van der Waals surface area contributed by atoms with Crippen molar-refractivity contribution in [3.05, 3.63) is 64.5 Å². The first kappa shape index (κ1) is 21.7. The van der Waals surface area contributed by atoms with Gasteiger partial charge in [0.25, 0.3) is 5.91 Å². The van der Waals surface area contributed by atoms with Crippen LogP contribution >= 0.6 is 11.6 Å². The first-order valence-corrected chi connectivity index (χ1v) is 12.6. The van der Waals surface area contributed by atoms with Gasteiger partial charge in [-0.05, 0) is 56.2 Å². The van der Waals surface area contributed by atoms with E-state index < -0.39 is 9.84 Å². The van der Waals surface area contributed by atoms with Crippen molar-refractivity contribution in [2.45, 2.75) is 26.3 Å². The monoisotopic (exact) mass is 484 g/mol. The van der Waals surface area contributed by atoms with Crippen LogP contribution in [0.25, 0.3) is 22.5 Å². The topological polar surface area (TPSA) is 107 Å². The molecule has 1 fully saturated rings. The molecule has 1 aromatic carbocycles. The Balaban J connectivity index is 1.65. The second-order valence-electron chi connectivity index (χ2n) is 8.24. The fraction of sp³-hybridized carbons (Fsp3) is 0.261. The molecule has 5 rings (SSSR count). The number of aryl methyl sites for hydroxylation is 2. The molecule has 4 aromatic rings. The molecule has 10 heteroatoms. The van der Waals surface area contributed by atoms with E-state index in [0.29, 0.717) is 50.9 Å². The van der Waals surface area contributed by atoms with E-state index in [9.17, 15) is 13.2 Å². The molecule has 1 atom stereocenters. The second-order valence-corrected chi connectivity index (χ2v) is 10.9. The van der Waals surface area contributed by atoms with Crippen molar-refractivity contribution in [3.8, 4) is 11.5 Å². The molecule has 0 aliphatic carbocycles. The summed E-state index contributed by atoms with van der Waals surface area (Å²) in [6.45, 7) is 3.67. The number of hydrogen-bond donors (Lipinski definition) is 1. The SMILES string of the molecule is Cc1ccc(NC(=O)c2cc(-c3ccco3)nc3c2c(C)nn3[C@H]2CCS(=O)(=O)C2)cc1Cl. The van der Waals surface area contributed by atoms with E-state index in [1.807, 2.05) is 13.0 Å². The summed E-state index contributed by atoms with van der Waals surface area (Å²) in [6, 6.07) is 10.1. The molecular weight excluding hydrogens is 464 g/mol. The van der Waals surface area contributed by atoms with E-state index in [2.05, 4.69) is 10.4 Å². The number of amides is 1. The smallest absolute Gasteiger partial charge is 0.256 e. The van der Waals surface area contributed by atoms with Crippen LogP contribution in [0.3, 0.4) is 0 Å². The second kappa shape index (κ2) is 8.00. The number of aromatic nitrogens is 3. The van der Waals surface area contributed by atoms with Gasteiger partial charge in [0.15, 0.2) is 21.2 Å². The maximum Gasteiger partial charge on any atom is 0.256 e. The van der Waals surface area contributed by atoms with Gasteiger partial charge in [-0.25, -0.2) is 18.1 Å². The van der Waals surface area contributed by atoms with Crippen LogP contribution in [-0.4, -0.2) is 40.6 Å². The Bertz CT molecular complexity index is 1490. The fourth-order valence-corrected chi connectivity index (χ4v) is 6.01. The number of hydrogen-bond acceptors (Lipinski definition) is 6. The average Bonchev–Trinajstić information content (AvgIpc) is 3.49. The average molecular weight is 485 g/mol. The zero-order valence-electron chi connectivity index (χ0n) is 18.0. The molecule has 1 aliphatic rings. The summed E-state index contributed by atoms with van der Waals surface area (Å²) in [4.78, 5) is 18.1. The van der Waals surface area contributed by atoms with Gasteiger partial charge in [-0.1, -0.05) is 17.7 Å². The molecule has 0 saturated carbocycles. The van der Waals surface area contributed by atoms with Crippen molar-refractivity contribution >= 4 is 44.1 Å². The van der Waals surface area contributed by atoms with E-state index in [0.717, 1.165) is 5.56 Å². The number of carbonyl (C=O) groups excluding carboxylic acids is 1. The number of benzene rings is 1. The van der Waals surface area contributed by atoms with Gasteiger partial charge in [0.05, 0.1) is 40.5 Å². The minimum atomic E-state index is -3.13. The van der Waals surface area contributed by atoms with E-state index in [1.54, 1.807) is 41.9 Å². The summed E-state index contributed by atoms with van der Waals surface area (Å²) in [6.07, 6.45) is 1.98.